The molecule has 1 aromatic heterocycles. The normalized spacial score (nSPS) is 15.8. The average Bonchev–Trinajstić information content (AvgIpc) is 2.53. The van der Waals surface area contributed by atoms with E-state index in [4.69, 9.17) is 0 Å². The van der Waals surface area contributed by atoms with Crippen LogP contribution < -0.4 is 15.5 Å². The van der Waals surface area contributed by atoms with Gasteiger partial charge in [0.2, 0.25) is 5.91 Å². The molecule has 0 radical (unpaired) electrons. The minimum Gasteiger partial charge on any atom is -0.370 e. The smallest absolute Gasteiger partial charge is 0.219 e. The third kappa shape index (κ3) is 4.58. The van der Waals surface area contributed by atoms with Gasteiger partial charge in [-0.1, -0.05) is 0 Å². The largest absolute Gasteiger partial charge is 0.370 e. The highest BCUT2D eigenvalue weighted by molar-refractivity contribution is 5.75. The zero-order chi connectivity index (χ0) is 15.1. The number of anilines is 2. The highest BCUT2D eigenvalue weighted by atomic mass is 16.1. The molecule has 0 bridgehead atoms. The van der Waals surface area contributed by atoms with E-state index in [0.717, 1.165) is 50.5 Å². The van der Waals surface area contributed by atoms with Crippen molar-refractivity contribution in [1.29, 1.82) is 0 Å². The summed E-state index contributed by atoms with van der Waals surface area (Å²) in [6.07, 6.45) is 5.49. The Hall–Kier alpha value is -1.85. The summed E-state index contributed by atoms with van der Waals surface area (Å²) in [5.41, 5.74) is 0. The van der Waals surface area contributed by atoms with E-state index in [9.17, 15) is 4.79 Å². The van der Waals surface area contributed by atoms with Gasteiger partial charge in [-0.25, -0.2) is 9.97 Å². The van der Waals surface area contributed by atoms with Crippen LogP contribution >= 0.6 is 0 Å². The van der Waals surface area contributed by atoms with E-state index in [1.54, 1.807) is 13.4 Å². The molecule has 6 nitrogen and oxygen atoms in total. The predicted molar refractivity (Wildman–Crippen MR) is 84.4 cm³/mol. The first-order valence-corrected chi connectivity index (χ1v) is 7.74. The van der Waals surface area contributed by atoms with E-state index >= 15 is 0 Å². The average molecular weight is 291 g/mol. The second-order valence-electron chi connectivity index (χ2n) is 5.43. The molecule has 0 saturated carbocycles. The SMILES string of the molecule is CCNc1cc(N2CCC(CCC(=O)NC)CC2)ncn1. The molecule has 6 heteroatoms. The van der Waals surface area contributed by atoms with Crippen LogP contribution in [0.3, 0.4) is 0 Å². The molecule has 0 unspecified atom stereocenters. The number of aromatic nitrogens is 2. The molecule has 0 aromatic carbocycles. The second kappa shape index (κ2) is 7.81. The highest BCUT2D eigenvalue weighted by Crippen LogP contribution is 2.25. The lowest BCUT2D eigenvalue weighted by atomic mass is 9.92. The van der Waals surface area contributed by atoms with Gasteiger partial charge in [-0.2, -0.15) is 0 Å². The first-order valence-electron chi connectivity index (χ1n) is 7.74. The Morgan fingerprint density at radius 3 is 2.81 bits per heavy atom. The van der Waals surface area contributed by atoms with Crippen molar-refractivity contribution >= 4 is 17.5 Å². The van der Waals surface area contributed by atoms with Gasteiger partial charge in [0.15, 0.2) is 0 Å². The van der Waals surface area contributed by atoms with Crippen molar-refractivity contribution in [1.82, 2.24) is 15.3 Å². The second-order valence-corrected chi connectivity index (χ2v) is 5.43. The number of nitrogens with one attached hydrogen (secondary N) is 2. The van der Waals surface area contributed by atoms with Crippen LogP contribution in [0.4, 0.5) is 11.6 Å². The predicted octanol–water partition coefficient (Wildman–Crippen LogP) is 1.65. The van der Waals surface area contributed by atoms with Crippen molar-refractivity contribution in [2.75, 3.05) is 36.9 Å². The van der Waals surface area contributed by atoms with Gasteiger partial charge in [-0.3, -0.25) is 4.79 Å². The van der Waals surface area contributed by atoms with Crippen LogP contribution in [-0.4, -0.2) is 42.6 Å². The van der Waals surface area contributed by atoms with E-state index in [2.05, 4.69) is 32.4 Å². The van der Waals surface area contributed by atoms with Crippen LogP contribution in [0.1, 0.15) is 32.6 Å². The van der Waals surface area contributed by atoms with Gasteiger partial charge in [-0.05, 0) is 32.1 Å². The molecule has 2 rings (SSSR count). The molecule has 1 aliphatic rings. The van der Waals surface area contributed by atoms with E-state index in [-0.39, 0.29) is 5.91 Å². The Labute approximate surface area is 126 Å². The molecule has 0 atom stereocenters. The van der Waals surface area contributed by atoms with Gasteiger partial charge in [-0.15, -0.1) is 0 Å². The number of nitrogens with zero attached hydrogens (tertiary/aromatic N) is 3. The maximum Gasteiger partial charge on any atom is 0.219 e. The quantitative estimate of drug-likeness (QED) is 0.834. The van der Waals surface area contributed by atoms with Gasteiger partial charge in [0.25, 0.3) is 0 Å². The first kappa shape index (κ1) is 15.5. The number of amides is 1. The van der Waals surface area contributed by atoms with E-state index in [1.165, 1.54) is 0 Å². The summed E-state index contributed by atoms with van der Waals surface area (Å²) >= 11 is 0. The summed E-state index contributed by atoms with van der Waals surface area (Å²) in [7, 11) is 1.70. The van der Waals surface area contributed by atoms with E-state index in [1.807, 2.05) is 6.07 Å². The first-order chi connectivity index (χ1) is 10.2. The Morgan fingerprint density at radius 1 is 1.38 bits per heavy atom. The summed E-state index contributed by atoms with van der Waals surface area (Å²) in [5, 5.41) is 5.90. The summed E-state index contributed by atoms with van der Waals surface area (Å²) in [6, 6.07) is 2.01. The fourth-order valence-electron chi connectivity index (χ4n) is 2.71. The Balaban J connectivity index is 1.83. The maximum atomic E-state index is 11.3. The van der Waals surface area contributed by atoms with Crippen LogP contribution in [-0.2, 0) is 4.79 Å². The Bertz CT molecular complexity index is 457. The molecule has 1 aliphatic heterocycles. The minimum atomic E-state index is 0.142. The fraction of sp³-hybridized carbons (Fsp3) is 0.667. The van der Waals surface area contributed by atoms with Gasteiger partial charge < -0.3 is 15.5 Å². The van der Waals surface area contributed by atoms with Gasteiger partial charge >= 0.3 is 0 Å². The molecule has 2 N–H and O–H groups in total. The van der Waals surface area contributed by atoms with Gasteiger partial charge in [0, 0.05) is 39.2 Å². The molecule has 21 heavy (non-hydrogen) atoms. The van der Waals surface area contributed by atoms with Crippen LogP contribution in [0.25, 0.3) is 0 Å². The van der Waals surface area contributed by atoms with Crippen LogP contribution in [0.2, 0.25) is 0 Å². The molecular formula is C15H25N5O. The maximum absolute atomic E-state index is 11.3. The molecule has 0 aliphatic carbocycles. The van der Waals surface area contributed by atoms with E-state index in [0.29, 0.717) is 12.3 Å². The molecular weight excluding hydrogens is 266 g/mol. The van der Waals surface area contributed by atoms with Gasteiger partial charge in [0.1, 0.15) is 18.0 Å². The molecule has 1 saturated heterocycles. The summed E-state index contributed by atoms with van der Waals surface area (Å²) in [4.78, 5) is 22.2. The molecule has 0 spiro atoms. The summed E-state index contributed by atoms with van der Waals surface area (Å²) in [6.45, 7) is 4.92. The number of hydrogen-bond acceptors (Lipinski definition) is 5. The lowest BCUT2D eigenvalue weighted by molar-refractivity contribution is -0.120. The lowest BCUT2D eigenvalue weighted by Crippen LogP contribution is -2.34. The third-order valence-corrected chi connectivity index (χ3v) is 4.01. The van der Waals surface area contributed by atoms with Crippen LogP contribution in [0.15, 0.2) is 12.4 Å². The summed E-state index contributed by atoms with van der Waals surface area (Å²) in [5.74, 6) is 2.66. The van der Waals surface area contributed by atoms with Crippen molar-refractivity contribution in [3.05, 3.63) is 12.4 Å². The number of hydrogen-bond donors (Lipinski definition) is 2. The Morgan fingerprint density at radius 2 is 2.14 bits per heavy atom. The molecule has 116 valence electrons. The third-order valence-electron chi connectivity index (χ3n) is 4.01. The minimum absolute atomic E-state index is 0.142. The van der Waals surface area contributed by atoms with Crippen LogP contribution in [0.5, 0.6) is 0 Å². The number of carbonyl (C=O) groups is 1. The van der Waals surface area contributed by atoms with Crippen molar-refractivity contribution < 1.29 is 4.79 Å². The monoisotopic (exact) mass is 291 g/mol. The highest BCUT2D eigenvalue weighted by Gasteiger charge is 2.20. The van der Waals surface area contributed by atoms with Crippen molar-refractivity contribution in [3.63, 3.8) is 0 Å². The van der Waals surface area contributed by atoms with Crippen molar-refractivity contribution in [2.45, 2.75) is 32.6 Å². The van der Waals surface area contributed by atoms with E-state index < -0.39 is 0 Å². The molecule has 1 aromatic rings. The zero-order valence-corrected chi connectivity index (χ0v) is 12.9. The van der Waals surface area contributed by atoms with Crippen molar-refractivity contribution in [2.24, 2.45) is 5.92 Å². The molecule has 1 fully saturated rings. The number of piperidine rings is 1. The van der Waals surface area contributed by atoms with Crippen LogP contribution in [0, 0.1) is 5.92 Å². The molecule has 1 amide bonds. The lowest BCUT2D eigenvalue weighted by Gasteiger charge is -2.32. The fourth-order valence-corrected chi connectivity index (χ4v) is 2.71. The Kier molecular flexibility index (Phi) is 5.78. The zero-order valence-electron chi connectivity index (χ0n) is 12.9. The topological polar surface area (TPSA) is 70.2 Å². The van der Waals surface area contributed by atoms with Crippen molar-refractivity contribution in [3.8, 4) is 0 Å². The number of rotatable bonds is 6. The molecule has 2 heterocycles. The standard InChI is InChI=1S/C15H25N5O/c1-3-17-13-10-14(19-11-18-13)20-8-6-12(7-9-20)4-5-15(21)16-2/h10-12H,3-9H2,1-2H3,(H,16,21)(H,17,18,19). The van der Waals surface area contributed by atoms with Gasteiger partial charge in [0.05, 0.1) is 0 Å². The number of carbonyl (C=O) groups excluding carboxylic acids is 1. The summed E-state index contributed by atoms with van der Waals surface area (Å²) < 4.78 is 0.